The number of pyridine rings is 1. The van der Waals surface area contributed by atoms with Gasteiger partial charge in [0.25, 0.3) is 0 Å². The third kappa shape index (κ3) is 2.41. The number of fused-ring (bicyclic) bond motifs is 1. The van der Waals surface area contributed by atoms with Crippen molar-refractivity contribution in [2.75, 3.05) is 5.73 Å². The van der Waals surface area contributed by atoms with Crippen LogP contribution >= 0.6 is 0 Å². The molecule has 0 radical (unpaired) electrons. The van der Waals surface area contributed by atoms with Crippen molar-refractivity contribution < 1.29 is 8.42 Å². The summed E-state index contributed by atoms with van der Waals surface area (Å²) in [5, 5.41) is 0.726. The van der Waals surface area contributed by atoms with Crippen LogP contribution in [0, 0.1) is 0 Å². The van der Waals surface area contributed by atoms with Crippen molar-refractivity contribution in [2.45, 2.75) is 30.2 Å². The monoisotopic (exact) mass is 277 g/mol. The van der Waals surface area contributed by atoms with Crippen LogP contribution in [0.15, 0.2) is 35.4 Å². The van der Waals surface area contributed by atoms with Gasteiger partial charge in [0, 0.05) is 10.9 Å². The quantitative estimate of drug-likeness (QED) is 0.893. The number of rotatable bonds is 3. The van der Waals surface area contributed by atoms with Gasteiger partial charge in [-0.2, -0.15) is 0 Å². The second-order valence-corrected chi connectivity index (χ2v) is 6.97. The Morgan fingerprint density at radius 2 is 2.05 bits per heavy atom. The van der Waals surface area contributed by atoms with E-state index in [4.69, 9.17) is 5.73 Å². The highest BCUT2D eigenvalue weighted by molar-refractivity contribution is 7.89. The molecule has 1 fully saturated rings. The highest BCUT2D eigenvalue weighted by Gasteiger charge is 2.41. The molecular formula is C13H15N3O2S. The molecule has 1 aromatic heterocycles. The normalized spacial score (nSPS) is 17.5. The first kappa shape index (κ1) is 12.4. The molecule has 1 aromatic carbocycles. The van der Waals surface area contributed by atoms with Gasteiger partial charge in [0.1, 0.15) is 0 Å². The number of nitrogens with two attached hydrogens (primary N) is 1. The number of hydrogen-bond donors (Lipinski definition) is 2. The molecule has 0 amide bonds. The standard InChI is InChI=1S/C13H15N3O2S/c1-13(4-5-13)16-19(17,18)11-2-3-12-9(7-11)6-10(14)8-15-12/h2-3,6-8,16H,4-5,14H2,1H3. The summed E-state index contributed by atoms with van der Waals surface area (Å²) >= 11 is 0. The van der Waals surface area contributed by atoms with Crippen LogP contribution in [-0.2, 0) is 10.0 Å². The summed E-state index contributed by atoms with van der Waals surface area (Å²) in [5.41, 5.74) is 6.64. The summed E-state index contributed by atoms with van der Waals surface area (Å²) in [4.78, 5) is 4.40. The molecule has 19 heavy (non-hydrogen) atoms. The lowest BCUT2D eigenvalue weighted by molar-refractivity contribution is 0.558. The average Bonchev–Trinajstić information content (AvgIpc) is 3.04. The van der Waals surface area contributed by atoms with Crippen molar-refractivity contribution in [1.82, 2.24) is 9.71 Å². The number of nitrogen functional groups attached to an aromatic ring is 1. The van der Waals surface area contributed by atoms with E-state index in [9.17, 15) is 8.42 Å². The van der Waals surface area contributed by atoms with Gasteiger partial charge < -0.3 is 5.73 Å². The van der Waals surface area contributed by atoms with Crippen molar-refractivity contribution in [3.63, 3.8) is 0 Å². The maximum atomic E-state index is 12.3. The predicted octanol–water partition coefficient (Wildman–Crippen LogP) is 1.65. The molecule has 2 aromatic rings. The van der Waals surface area contributed by atoms with E-state index >= 15 is 0 Å². The summed E-state index contributed by atoms with van der Waals surface area (Å²) in [7, 11) is -3.48. The minimum atomic E-state index is -3.48. The van der Waals surface area contributed by atoms with Crippen LogP contribution < -0.4 is 10.5 Å². The second-order valence-electron chi connectivity index (χ2n) is 5.29. The van der Waals surface area contributed by atoms with E-state index in [1.165, 1.54) is 0 Å². The Labute approximate surface area is 111 Å². The van der Waals surface area contributed by atoms with Gasteiger partial charge in [-0.1, -0.05) is 0 Å². The van der Waals surface area contributed by atoms with E-state index in [0.29, 0.717) is 5.69 Å². The molecule has 5 nitrogen and oxygen atoms in total. The summed E-state index contributed by atoms with van der Waals surface area (Å²) in [6.45, 7) is 1.91. The van der Waals surface area contributed by atoms with Gasteiger partial charge >= 0.3 is 0 Å². The minimum Gasteiger partial charge on any atom is -0.397 e. The number of sulfonamides is 1. The topological polar surface area (TPSA) is 85.1 Å². The van der Waals surface area contributed by atoms with Crippen molar-refractivity contribution >= 4 is 26.6 Å². The molecule has 0 aliphatic heterocycles. The Hall–Kier alpha value is -1.66. The molecule has 0 spiro atoms. The molecule has 1 aliphatic rings. The van der Waals surface area contributed by atoms with E-state index in [0.717, 1.165) is 23.7 Å². The Balaban J connectivity index is 2.05. The van der Waals surface area contributed by atoms with Crippen LogP contribution in [0.3, 0.4) is 0 Å². The molecule has 1 heterocycles. The first-order valence-electron chi connectivity index (χ1n) is 6.07. The van der Waals surface area contributed by atoms with Crippen LogP contribution in [-0.4, -0.2) is 18.9 Å². The van der Waals surface area contributed by atoms with Gasteiger partial charge in [-0.15, -0.1) is 0 Å². The zero-order valence-electron chi connectivity index (χ0n) is 10.6. The Morgan fingerprint density at radius 3 is 2.74 bits per heavy atom. The van der Waals surface area contributed by atoms with Crippen LogP contribution in [0.5, 0.6) is 0 Å². The third-order valence-corrected chi connectivity index (χ3v) is 5.00. The van der Waals surface area contributed by atoms with Gasteiger partial charge in [-0.3, -0.25) is 4.98 Å². The summed E-state index contributed by atoms with van der Waals surface area (Å²) < 4.78 is 27.2. The van der Waals surface area contributed by atoms with Crippen molar-refractivity contribution in [2.24, 2.45) is 0 Å². The number of hydrogen-bond acceptors (Lipinski definition) is 4. The molecule has 0 saturated heterocycles. The zero-order valence-corrected chi connectivity index (χ0v) is 11.4. The van der Waals surface area contributed by atoms with Crippen LogP contribution in [0.1, 0.15) is 19.8 Å². The lowest BCUT2D eigenvalue weighted by Gasteiger charge is -2.12. The second kappa shape index (κ2) is 3.91. The van der Waals surface area contributed by atoms with Crippen molar-refractivity contribution in [1.29, 1.82) is 0 Å². The largest absolute Gasteiger partial charge is 0.397 e. The van der Waals surface area contributed by atoms with E-state index in [1.807, 2.05) is 6.92 Å². The van der Waals surface area contributed by atoms with Gasteiger partial charge in [0.05, 0.1) is 22.3 Å². The first-order chi connectivity index (χ1) is 8.88. The molecule has 3 rings (SSSR count). The predicted molar refractivity (Wildman–Crippen MR) is 74.1 cm³/mol. The highest BCUT2D eigenvalue weighted by atomic mass is 32.2. The number of benzene rings is 1. The molecular weight excluding hydrogens is 262 g/mol. The van der Waals surface area contributed by atoms with Crippen LogP contribution in [0.25, 0.3) is 10.9 Å². The molecule has 3 N–H and O–H groups in total. The summed E-state index contributed by atoms with van der Waals surface area (Å²) in [5.74, 6) is 0. The Kier molecular flexibility index (Phi) is 2.55. The molecule has 0 atom stereocenters. The smallest absolute Gasteiger partial charge is 0.241 e. The first-order valence-corrected chi connectivity index (χ1v) is 7.56. The number of nitrogens with one attached hydrogen (secondary N) is 1. The van der Waals surface area contributed by atoms with E-state index in [1.54, 1.807) is 30.5 Å². The fourth-order valence-electron chi connectivity index (χ4n) is 1.97. The van der Waals surface area contributed by atoms with E-state index in [2.05, 4.69) is 9.71 Å². The molecule has 6 heteroatoms. The van der Waals surface area contributed by atoms with Gasteiger partial charge in [-0.05, 0) is 44.0 Å². The minimum absolute atomic E-state index is 0.250. The molecule has 0 bridgehead atoms. The summed E-state index contributed by atoms with van der Waals surface area (Å²) in [6.07, 6.45) is 3.32. The van der Waals surface area contributed by atoms with E-state index < -0.39 is 10.0 Å². The molecule has 0 unspecified atom stereocenters. The maximum Gasteiger partial charge on any atom is 0.241 e. The lowest BCUT2D eigenvalue weighted by atomic mass is 10.2. The van der Waals surface area contributed by atoms with Gasteiger partial charge in [-0.25, -0.2) is 13.1 Å². The number of nitrogens with zero attached hydrogens (tertiary/aromatic N) is 1. The Morgan fingerprint density at radius 1 is 1.32 bits per heavy atom. The number of anilines is 1. The molecule has 1 saturated carbocycles. The fraction of sp³-hybridized carbons (Fsp3) is 0.308. The lowest BCUT2D eigenvalue weighted by Crippen LogP contribution is -2.34. The third-order valence-electron chi connectivity index (χ3n) is 3.36. The average molecular weight is 277 g/mol. The summed E-state index contributed by atoms with van der Waals surface area (Å²) in [6, 6.07) is 6.59. The maximum absolute atomic E-state index is 12.3. The fourth-order valence-corrected chi connectivity index (χ4v) is 3.47. The molecule has 100 valence electrons. The zero-order chi connectivity index (χ0) is 13.7. The van der Waals surface area contributed by atoms with Crippen LogP contribution in [0.2, 0.25) is 0 Å². The van der Waals surface area contributed by atoms with E-state index in [-0.39, 0.29) is 10.4 Å². The SMILES string of the molecule is CC1(NS(=O)(=O)c2ccc3ncc(N)cc3c2)CC1. The van der Waals surface area contributed by atoms with Gasteiger partial charge in [0.2, 0.25) is 10.0 Å². The highest BCUT2D eigenvalue weighted by Crippen LogP contribution is 2.36. The Bertz CT molecular complexity index is 752. The number of aromatic nitrogens is 1. The van der Waals surface area contributed by atoms with Crippen molar-refractivity contribution in [3.05, 3.63) is 30.5 Å². The van der Waals surface area contributed by atoms with Gasteiger partial charge in [0.15, 0.2) is 0 Å². The van der Waals surface area contributed by atoms with Crippen molar-refractivity contribution in [3.8, 4) is 0 Å². The molecule has 1 aliphatic carbocycles. The van der Waals surface area contributed by atoms with Crippen LogP contribution in [0.4, 0.5) is 5.69 Å².